The van der Waals surface area contributed by atoms with Gasteiger partial charge in [-0.1, -0.05) is 37.3 Å². The Morgan fingerprint density at radius 1 is 1.15 bits per heavy atom. The number of carbonyl (C=O) groups is 1. The highest BCUT2D eigenvalue weighted by atomic mass is 16.2. The number of rotatable bonds is 2. The third-order valence-electron chi connectivity index (χ3n) is 4.04. The molecule has 3 rings (SSSR count). The van der Waals surface area contributed by atoms with Crippen molar-refractivity contribution in [2.75, 3.05) is 13.1 Å². The first-order valence-electron chi connectivity index (χ1n) is 7.00. The molecular weight excluding hydrogens is 248 g/mol. The van der Waals surface area contributed by atoms with Gasteiger partial charge in [0.25, 0.3) is 5.91 Å². The van der Waals surface area contributed by atoms with E-state index in [-0.39, 0.29) is 5.91 Å². The lowest BCUT2D eigenvalue weighted by Gasteiger charge is -2.16. The van der Waals surface area contributed by atoms with Crippen molar-refractivity contribution >= 4 is 5.91 Å². The molecule has 0 bridgehead atoms. The minimum atomic E-state index is 0.0865. The average molecular weight is 266 g/mol. The first-order chi connectivity index (χ1) is 9.75. The fourth-order valence-electron chi connectivity index (χ4n) is 2.94. The van der Waals surface area contributed by atoms with E-state index in [4.69, 9.17) is 0 Å². The van der Waals surface area contributed by atoms with Crippen LogP contribution in [0.15, 0.2) is 54.9 Å². The molecule has 20 heavy (non-hydrogen) atoms. The van der Waals surface area contributed by atoms with Gasteiger partial charge in [0.2, 0.25) is 0 Å². The van der Waals surface area contributed by atoms with Crippen LogP contribution in [-0.4, -0.2) is 28.9 Å². The number of hydrogen-bond acceptors (Lipinski definition) is 2. The standard InChI is InChI=1S/C17H18N2O/c1-13-11-19(17(20)15-8-5-9-18-10-15)12-16(13)14-6-3-2-4-7-14/h2-10,13,16H,11-12H2,1H3. The van der Waals surface area contributed by atoms with E-state index in [1.54, 1.807) is 18.5 Å². The quantitative estimate of drug-likeness (QED) is 0.837. The van der Waals surface area contributed by atoms with Crippen molar-refractivity contribution in [3.8, 4) is 0 Å². The fraction of sp³-hybridized carbons (Fsp3) is 0.294. The van der Waals surface area contributed by atoms with Crippen LogP contribution in [0, 0.1) is 5.92 Å². The van der Waals surface area contributed by atoms with Gasteiger partial charge in [0.05, 0.1) is 5.56 Å². The Hall–Kier alpha value is -2.16. The van der Waals surface area contributed by atoms with Crippen LogP contribution < -0.4 is 0 Å². The molecule has 0 N–H and O–H groups in total. The van der Waals surface area contributed by atoms with E-state index in [1.807, 2.05) is 17.0 Å². The summed E-state index contributed by atoms with van der Waals surface area (Å²) in [5, 5.41) is 0. The van der Waals surface area contributed by atoms with Crippen LogP contribution in [0.1, 0.15) is 28.8 Å². The fourth-order valence-corrected chi connectivity index (χ4v) is 2.94. The largest absolute Gasteiger partial charge is 0.338 e. The van der Waals surface area contributed by atoms with Crippen LogP contribution in [0.2, 0.25) is 0 Å². The van der Waals surface area contributed by atoms with Crippen LogP contribution in [0.4, 0.5) is 0 Å². The highest BCUT2D eigenvalue weighted by Crippen LogP contribution is 2.32. The number of benzene rings is 1. The zero-order chi connectivity index (χ0) is 13.9. The van der Waals surface area contributed by atoms with Crippen LogP contribution >= 0.6 is 0 Å². The molecule has 2 heterocycles. The van der Waals surface area contributed by atoms with E-state index in [2.05, 4.69) is 36.2 Å². The van der Waals surface area contributed by atoms with E-state index < -0.39 is 0 Å². The van der Waals surface area contributed by atoms with Crippen molar-refractivity contribution in [1.29, 1.82) is 0 Å². The summed E-state index contributed by atoms with van der Waals surface area (Å²) in [5.74, 6) is 0.998. The molecule has 1 fully saturated rings. The van der Waals surface area contributed by atoms with Crippen molar-refractivity contribution in [3.05, 3.63) is 66.0 Å². The predicted molar refractivity (Wildman–Crippen MR) is 78.5 cm³/mol. The second kappa shape index (κ2) is 5.45. The van der Waals surface area contributed by atoms with Crippen molar-refractivity contribution < 1.29 is 4.79 Å². The van der Waals surface area contributed by atoms with Gasteiger partial charge in [0, 0.05) is 31.4 Å². The third-order valence-corrected chi connectivity index (χ3v) is 4.04. The number of pyridine rings is 1. The maximum atomic E-state index is 12.5. The number of aromatic nitrogens is 1. The van der Waals surface area contributed by atoms with Gasteiger partial charge in [-0.3, -0.25) is 9.78 Å². The smallest absolute Gasteiger partial charge is 0.255 e. The van der Waals surface area contributed by atoms with Gasteiger partial charge >= 0.3 is 0 Å². The van der Waals surface area contributed by atoms with Gasteiger partial charge in [-0.2, -0.15) is 0 Å². The van der Waals surface area contributed by atoms with Crippen LogP contribution in [0.5, 0.6) is 0 Å². The molecule has 0 spiro atoms. The molecule has 0 saturated carbocycles. The molecule has 0 radical (unpaired) electrons. The molecule has 2 atom stereocenters. The molecule has 2 unspecified atom stereocenters. The van der Waals surface area contributed by atoms with Crippen molar-refractivity contribution in [1.82, 2.24) is 9.88 Å². The van der Waals surface area contributed by atoms with E-state index in [9.17, 15) is 4.79 Å². The minimum Gasteiger partial charge on any atom is -0.338 e. The number of amides is 1. The third kappa shape index (κ3) is 2.44. The summed E-state index contributed by atoms with van der Waals surface area (Å²) in [5.41, 5.74) is 2.00. The summed E-state index contributed by atoms with van der Waals surface area (Å²) in [6, 6.07) is 14.1. The van der Waals surface area contributed by atoms with Gasteiger partial charge in [0.15, 0.2) is 0 Å². The lowest BCUT2D eigenvalue weighted by molar-refractivity contribution is 0.0786. The molecule has 1 aliphatic rings. The Bertz CT molecular complexity index is 582. The molecule has 3 heteroatoms. The lowest BCUT2D eigenvalue weighted by atomic mass is 9.90. The van der Waals surface area contributed by atoms with E-state index in [0.29, 0.717) is 17.4 Å². The van der Waals surface area contributed by atoms with Gasteiger partial charge in [-0.05, 0) is 23.6 Å². The molecule has 1 aromatic carbocycles. The van der Waals surface area contributed by atoms with Gasteiger partial charge in [0.1, 0.15) is 0 Å². The normalized spacial score (nSPS) is 21.9. The summed E-state index contributed by atoms with van der Waals surface area (Å²) in [7, 11) is 0. The monoisotopic (exact) mass is 266 g/mol. The van der Waals surface area contributed by atoms with Crippen molar-refractivity contribution in [3.63, 3.8) is 0 Å². The number of likely N-dealkylation sites (tertiary alicyclic amines) is 1. The molecular formula is C17H18N2O. The highest BCUT2D eigenvalue weighted by molar-refractivity contribution is 5.94. The number of carbonyl (C=O) groups excluding carboxylic acids is 1. The topological polar surface area (TPSA) is 33.2 Å². The number of hydrogen-bond donors (Lipinski definition) is 0. The molecule has 3 nitrogen and oxygen atoms in total. The minimum absolute atomic E-state index is 0.0865. The Kier molecular flexibility index (Phi) is 3.50. The molecule has 1 aliphatic heterocycles. The zero-order valence-electron chi connectivity index (χ0n) is 11.6. The predicted octanol–water partition coefficient (Wildman–Crippen LogP) is 2.96. The van der Waals surface area contributed by atoms with Crippen LogP contribution in [0.25, 0.3) is 0 Å². The highest BCUT2D eigenvalue weighted by Gasteiger charge is 2.33. The van der Waals surface area contributed by atoms with Crippen molar-refractivity contribution in [2.24, 2.45) is 5.92 Å². The average Bonchev–Trinajstić information content (AvgIpc) is 2.90. The summed E-state index contributed by atoms with van der Waals surface area (Å²) >= 11 is 0. The molecule has 1 aromatic heterocycles. The molecule has 2 aromatic rings. The summed E-state index contributed by atoms with van der Waals surface area (Å²) in [6.45, 7) is 3.82. The van der Waals surface area contributed by atoms with Gasteiger partial charge < -0.3 is 4.90 Å². The molecule has 0 aliphatic carbocycles. The van der Waals surface area contributed by atoms with E-state index >= 15 is 0 Å². The molecule has 1 amide bonds. The molecule has 102 valence electrons. The Morgan fingerprint density at radius 3 is 2.65 bits per heavy atom. The Labute approximate surface area is 119 Å². The second-order valence-corrected chi connectivity index (χ2v) is 5.45. The summed E-state index contributed by atoms with van der Waals surface area (Å²) < 4.78 is 0. The van der Waals surface area contributed by atoms with Crippen molar-refractivity contribution in [2.45, 2.75) is 12.8 Å². The first kappa shape index (κ1) is 12.9. The van der Waals surface area contributed by atoms with Gasteiger partial charge in [-0.25, -0.2) is 0 Å². The summed E-state index contributed by atoms with van der Waals surface area (Å²) in [6.07, 6.45) is 3.33. The van der Waals surface area contributed by atoms with E-state index in [0.717, 1.165) is 13.1 Å². The maximum Gasteiger partial charge on any atom is 0.255 e. The van der Waals surface area contributed by atoms with Crippen LogP contribution in [0.3, 0.4) is 0 Å². The zero-order valence-corrected chi connectivity index (χ0v) is 11.6. The maximum absolute atomic E-state index is 12.5. The van der Waals surface area contributed by atoms with Crippen LogP contribution in [-0.2, 0) is 0 Å². The second-order valence-electron chi connectivity index (χ2n) is 5.45. The molecule has 1 saturated heterocycles. The lowest BCUT2D eigenvalue weighted by Crippen LogP contribution is -2.28. The Balaban J connectivity index is 1.77. The number of nitrogens with zero attached hydrogens (tertiary/aromatic N) is 2. The van der Waals surface area contributed by atoms with Gasteiger partial charge in [-0.15, -0.1) is 0 Å². The SMILES string of the molecule is CC1CN(C(=O)c2cccnc2)CC1c1ccccc1. The summed E-state index contributed by atoms with van der Waals surface area (Å²) in [4.78, 5) is 18.4. The first-order valence-corrected chi connectivity index (χ1v) is 7.00. The van der Waals surface area contributed by atoms with E-state index in [1.165, 1.54) is 5.56 Å². The Morgan fingerprint density at radius 2 is 1.95 bits per heavy atom.